The third kappa shape index (κ3) is 3.04. The zero-order valence-electron chi connectivity index (χ0n) is 9.48. The summed E-state index contributed by atoms with van der Waals surface area (Å²) in [6.07, 6.45) is 0.477. The molecule has 0 saturated carbocycles. The quantitative estimate of drug-likeness (QED) is 0.774. The molecule has 0 amide bonds. The first-order valence-electron chi connectivity index (χ1n) is 5.27. The summed E-state index contributed by atoms with van der Waals surface area (Å²) in [5.74, 6) is 4.03. The Morgan fingerprint density at radius 1 is 1.38 bits per heavy atom. The lowest BCUT2D eigenvalue weighted by Gasteiger charge is -2.16. The zero-order valence-corrected chi connectivity index (χ0v) is 9.48. The van der Waals surface area contributed by atoms with E-state index in [0.717, 1.165) is 6.07 Å². The van der Waals surface area contributed by atoms with Gasteiger partial charge in [-0.15, -0.1) is 11.8 Å². The Labute approximate surface area is 94.9 Å². The largest absolute Gasteiger partial charge is 0.309 e. The third-order valence-electron chi connectivity index (χ3n) is 2.29. The van der Waals surface area contributed by atoms with E-state index in [1.807, 2.05) is 6.92 Å². The van der Waals surface area contributed by atoms with Gasteiger partial charge in [0.25, 0.3) is 0 Å². The van der Waals surface area contributed by atoms with Crippen LogP contribution in [0.25, 0.3) is 0 Å². The maximum absolute atomic E-state index is 13.5. The van der Waals surface area contributed by atoms with Gasteiger partial charge in [0.1, 0.15) is 0 Å². The van der Waals surface area contributed by atoms with Crippen LogP contribution in [0.1, 0.15) is 31.9 Å². The second kappa shape index (κ2) is 6.24. The molecule has 0 aliphatic rings. The predicted molar refractivity (Wildman–Crippen MR) is 60.8 cm³/mol. The Balaban J connectivity index is 2.98. The number of benzene rings is 1. The highest BCUT2D eigenvalue weighted by Gasteiger charge is 2.16. The summed E-state index contributed by atoms with van der Waals surface area (Å²) in [5, 5.41) is 3.09. The first-order valence-corrected chi connectivity index (χ1v) is 5.27. The Kier molecular flexibility index (Phi) is 4.94. The van der Waals surface area contributed by atoms with Crippen molar-refractivity contribution < 1.29 is 8.78 Å². The first kappa shape index (κ1) is 12.7. The monoisotopic (exact) mass is 223 g/mol. The van der Waals surface area contributed by atoms with Crippen molar-refractivity contribution in [3.05, 3.63) is 35.4 Å². The lowest BCUT2D eigenvalue weighted by atomic mass is 10.0. The fourth-order valence-corrected chi connectivity index (χ4v) is 1.53. The molecule has 86 valence electrons. The standard InChI is InChI=1S/C13H15F2N/c1-3-5-9-12(16-4-2)10-7-6-8-11(14)13(10)15/h6-8,12,16H,4,9H2,1-2H3. The van der Waals surface area contributed by atoms with E-state index in [1.54, 1.807) is 13.0 Å². The summed E-state index contributed by atoms with van der Waals surface area (Å²) in [4.78, 5) is 0. The molecular weight excluding hydrogens is 208 g/mol. The van der Waals surface area contributed by atoms with Crippen LogP contribution in [-0.2, 0) is 0 Å². The molecule has 0 bridgehead atoms. The van der Waals surface area contributed by atoms with E-state index < -0.39 is 11.6 Å². The normalized spacial score (nSPS) is 11.8. The van der Waals surface area contributed by atoms with Crippen molar-refractivity contribution in [3.8, 4) is 11.8 Å². The van der Waals surface area contributed by atoms with Crippen molar-refractivity contribution in [1.29, 1.82) is 0 Å². The molecule has 1 rings (SSSR count). The minimum absolute atomic E-state index is 0.256. The van der Waals surface area contributed by atoms with Gasteiger partial charge in [-0.05, 0) is 19.5 Å². The molecule has 16 heavy (non-hydrogen) atoms. The Morgan fingerprint density at radius 2 is 2.12 bits per heavy atom. The molecule has 0 heterocycles. The lowest BCUT2D eigenvalue weighted by Crippen LogP contribution is -2.21. The molecule has 1 N–H and O–H groups in total. The molecule has 0 aliphatic carbocycles. The summed E-state index contributed by atoms with van der Waals surface area (Å²) in [6.45, 7) is 4.33. The van der Waals surface area contributed by atoms with Gasteiger partial charge in [-0.2, -0.15) is 0 Å². The molecule has 0 saturated heterocycles. The van der Waals surface area contributed by atoms with E-state index >= 15 is 0 Å². The maximum Gasteiger partial charge on any atom is 0.163 e. The van der Waals surface area contributed by atoms with Crippen LogP contribution in [0.2, 0.25) is 0 Å². The fraction of sp³-hybridized carbons (Fsp3) is 0.385. The number of hydrogen-bond donors (Lipinski definition) is 1. The van der Waals surface area contributed by atoms with Gasteiger partial charge in [-0.25, -0.2) is 8.78 Å². The number of hydrogen-bond acceptors (Lipinski definition) is 1. The van der Waals surface area contributed by atoms with Gasteiger partial charge in [0, 0.05) is 18.0 Å². The molecule has 1 aromatic carbocycles. The van der Waals surface area contributed by atoms with Crippen LogP contribution in [-0.4, -0.2) is 6.54 Å². The van der Waals surface area contributed by atoms with Gasteiger partial charge in [0.05, 0.1) is 0 Å². The molecule has 1 atom stereocenters. The number of rotatable bonds is 4. The fourth-order valence-electron chi connectivity index (χ4n) is 1.53. The van der Waals surface area contributed by atoms with Gasteiger partial charge in [-0.3, -0.25) is 0 Å². The Bertz CT molecular complexity index is 404. The molecule has 0 fully saturated rings. The molecule has 1 aromatic rings. The molecule has 0 spiro atoms. The van der Waals surface area contributed by atoms with E-state index in [0.29, 0.717) is 18.5 Å². The van der Waals surface area contributed by atoms with Gasteiger partial charge in [-0.1, -0.05) is 19.1 Å². The molecule has 0 radical (unpaired) electrons. The second-order valence-corrected chi connectivity index (χ2v) is 3.38. The van der Waals surface area contributed by atoms with E-state index in [2.05, 4.69) is 17.2 Å². The van der Waals surface area contributed by atoms with Crippen molar-refractivity contribution in [2.45, 2.75) is 26.3 Å². The Morgan fingerprint density at radius 3 is 2.75 bits per heavy atom. The van der Waals surface area contributed by atoms with Gasteiger partial charge >= 0.3 is 0 Å². The van der Waals surface area contributed by atoms with Crippen LogP contribution < -0.4 is 5.32 Å². The molecule has 1 nitrogen and oxygen atoms in total. The van der Waals surface area contributed by atoms with Crippen LogP contribution in [0, 0.1) is 23.5 Å². The van der Waals surface area contributed by atoms with Gasteiger partial charge < -0.3 is 5.32 Å². The maximum atomic E-state index is 13.5. The number of halogens is 2. The smallest absolute Gasteiger partial charge is 0.163 e. The first-order chi connectivity index (χ1) is 7.70. The van der Waals surface area contributed by atoms with E-state index in [9.17, 15) is 8.78 Å². The lowest BCUT2D eigenvalue weighted by molar-refractivity contribution is 0.468. The Hall–Kier alpha value is -1.40. The minimum Gasteiger partial charge on any atom is -0.309 e. The van der Waals surface area contributed by atoms with Crippen molar-refractivity contribution in [1.82, 2.24) is 5.32 Å². The highest BCUT2D eigenvalue weighted by Crippen LogP contribution is 2.21. The van der Waals surface area contributed by atoms with Gasteiger partial charge in [0.15, 0.2) is 11.6 Å². The highest BCUT2D eigenvalue weighted by molar-refractivity contribution is 5.24. The summed E-state index contributed by atoms with van der Waals surface area (Å²) in [5.41, 5.74) is 0.338. The molecule has 0 aliphatic heterocycles. The SMILES string of the molecule is CC#CCC(NCC)c1cccc(F)c1F. The molecule has 3 heteroatoms. The van der Waals surface area contributed by atoms with Gasteiger partial charge in [0.2, 0.25) is 0 Å². The van der Waals surface area contributed by atoms with Crippen LogP contribution in [0.15, 0.2) is 18.2 Å². The predicted octanol–water partition coefficient (Wildman–Crippen LogP) is 3.03. The zero-order chi connectivity index (χ0) is 12.0. The van der Waals surface area contributed by atoms with E-state index in [-0.39, 0.29) is 6.04 Å². The summed E-state index contributed by atoms with van der Waals surface area (Å²) in [6, 6.07) is 3.96. The molecule has 1 unspecified atom stereocenters. The summed E-state index contributed by atoms with van der Waals surface area (Å²) >= 11 is 0. The van der Waals surface area contributed by atoms with Crippen LogP contribution in [0.3, 0.4) is 0 Å². The topological polar surface area (TPSA) is 12.0 Å². The van der Waals surface area contributed by atoms with Crippen molar-refractivity contribution in [2.75, 3.05) is 6.54 Å². The van der Waals surface area contributed by atoms with Crippen molar-refractivity contribution in [3.63, 3.8) is 0 Å². The second-order valence-electron chi connectivity index (χ2n) is 3.38. The van der Waals surface area contributed by atoms with E-state index in [4.69, 9.17) is 0 Å². The highest BCUT2D eigenvalue weighted by atomic mass is 19.2. The average molecular weight is 223 g/mol. The minimum atomic E-state index is -0.815. The van der Waals surface area contributed by atoms with Crippen molar-refractivity contribution >= 4 is 0 Å². The summed E-state index contributed by atoms with van der Waals surface area (Å²) in [7, 11) is 0. The van der Waals surface area contributed by atoms with Crippen LogP contribution >= 0.6 is 0 Å². The average Bonchev–Trinajstić information content (AvgIpc) is 2.28. The third-order valence-corrected chi connectivity index (χ3v) is 2.29. The van der Waals surface area contributed by atoms with Crippen LogP contribution in [0.4, 0.5) is 8.78 Å². The van der Waals surface area contributed by atoms with Crippen molar-refractivity contribution in [2.24, 2.45) is 0 Å². The number of nitrogens with one attached hydrogen (secondary N) is 1. The molecule has 0 aromatic heterocycles. The van der Waals surface area contributed by atoms with Crippen LogP contribution in [0.5, 0.6) is 0 Å². The van der Waals surface area contributed by atoms with E-state index in [1.165, 1.54) is 6.07 Å². The summed E-state index contributed by atoms with van der Waals surface area (Å²) < 4.78 is 26.6. The molecular formula is C13H15F2N.